The fourth-order valence-corrected chi connectivity index (χ4v) is 1.56. The molecule has 15 heavy (non-hydrogen) atoms. The van der Waals surface area contributed by atoms with E-state index in [1.807, 2.05) is 6.92 Å². The van der Waals surface area contributed by atoms with E-state index in [2.05, 4.69) is 0 Å². The van der Waals surface area contributed by atoms with E-state index >= 15 is 0 Å². The first-order valence-corrected chi connectivity index (χ1v) is 5.41. The van der Waals surface area contributed by atoms with Gasteiger partial charge in [0.15, 0.2) is 0 Å². The minimum Gasteiger partial charge on any atom is -0.390 e. The van der Waals surface area contributed by atoms with Crippen molar-refractivity contribution >= 4 is 23.4 Å². The van der Waals surface area contributed by atoms with Gasteiger partial charge in [0.25, 0.3) is 0 Å². The molecular weight excluding hydrogens is 220 g/mol. The molecule has 1 rings (SSSR count). The first-order valence-electron chi connectivity index (χ1n) is 4.88. The van der Waals surface area contributed by atoms with E-state index in [-0.39, 0.29) is 37.3 Å². The first kappa shape index (κ1) is 12.3. The fraction of sp³-hybridized carbons (Fsp3) is 0.778. The number of halogens is 1. The van der Waals surface area contributed by atoms with Crippen molar-refractivity contribution in [1.29, 1.82) is 0 Å². The Kier molecular flexibility index (Phi) is 4.35. The van der Waals surface area contributed by atoms with Crippen molar-refractivity contribution in [2.45, 2.75) is 13.0 Å². The largest absolute Gasteiger partial charge is 0.390 e. The van der Waals surface area contributed by atoms with Crippen molar-refractivity contribution in [3.05, 3.63) is 0 Å². The van der Waals surface area contributed by atoms with Crippen molar-refractivity contribution in [2.75, 3.05) is 32.1 Å². The lowest BCUT2D eigenvalue weighted by Gasteiger charge is -2.34. The van der Waals surface area contributed by atoms with Gasteiger partial charge in [0.2, 0.25) is 11.8 Å². The number of carbonyl (C=O) groups is 2. The maximum Gasteiger partial charge on any atom is 0.242 e. The Morgan fingerprint density at radius 1 is 1.33 bits per heavy atom. The van der Waals surface area contributed by atoms with Crippen LogP contribution in [-0.2, 0) is 9.59 Å². The molecule has 0 spiro atoms. The SMILES string of the molecule is CCN1CC(=O)N(CC(O)CCl)CC1=O. The van der Waals surface area contributed by atoms with Crippen molar-refractivity contribution in [1.82, 2.24) is 9.80 Å². The molecule has 0 radical (unpaired) electrons. The van der Waals surface area contributed by atoms with Crippen molar-refractivity contribution in [2.24, 2.45) is 0 Å². The Labute approximate surface area is 93.6 Å². The van der Waals surface area contributed by atoms with E-state index in [0.29, 0.717) is 6.54 Å². The van der Waals surface area contributed by atoms with Gasteiger partial charge in [-0.25, -0.2) is 0 Å². The number of amides is 2. The Balaban J connectivity index is 2.55. The summed E-state index contributed by atoms with van der Waals surface area (Å²) in [4.78, 5) is 25.8. The lowest BCUT2D eigenvalue weighted by atomic mass is 10.2. The predicted molar refractivity (Wildman–Crippen MR) is 55.6 cm³/mol. The van der Waals surface area contributed by atoms with Gasteiger partial charge in [-0.1, -0.05) is 0 Å². The van der Waals surface area contributed by atoms with Crippen LogP contribution < -0.4 is 0 Å². The molecule has 1 N–H and O–H groups in total. The second-order valence-corrected chi connectivity index (χ2v) is 3.80. The summed E-state index contributed by atoms with van der Waals surface area (Å²) in [5.74, 6) is -0.158. The zero-order chi connectivity index (χ0) is 11.4. The van der Waals surface area contributed by atoms with Gasteiger partial charge in [-0.05, 0) is 6.92 Å². The Morgan fingerprint density at radius 3 is 2.40 bits per heavy atom. The number of carbonyl (C=O) groups excluding carboxylic acids is 2. The number of likely N-dealkylation sites (N-methyl/N-ethyl adjacent to an activating group) is 1. The smallest absolute Gasteiger partial charge is 0.242 e. The van der Waals surface area contributed by atoms with Crippen LogP contribution in [0.5, 0.6) is 0 Å². The second kappa shape index (κ2) is 5.32. The molecule has 0 bridgehead atoms. The van der Waals surface area contributed by atoms with Gasteiger partial charge in [-0.15, -0.1) is 11.6 Å². The summed E-state index contributed by atoms with van der Waals surface area (Å²) in [6.45, 7) is 2.64. The standard InChI is InChI=1S/C9H15ClN2O3/c1-2-11-5-9(15)12(6-8(11)14)4-7(13)3-10/h7,13H,2-6H2,1H3. The number of hydrogen-bond donors (Lipinski definition) is 1. The Morgan fingerprint density at radius 2 is 1.87 bits per heavy atom. The zero-order valence-corrected chi connectivity index (χ0v) is 9.40. The van der Waals surface area contributed by atoms with Gasteiger partial charge in [0.1, 0.15) is 0 Å². The quantitative estimate of drug-likeness (QED) is 0.653. The van der Waals surface area contributed by atoms with E-state index in [1.165, 1.54) is 9.80 Å². The van der Waals surface area contributed by atoms with E-state index in [9.17, 15) is 14.7 Å². The van der Waals surface area contributed by atoms with Gasteiger partial charge in [0, 0.05) is 13.1 Å². The zero-order valence-electron chi connectivity index (χ0n) is 8.65. The van der Waals surface area contributed by atoms with Crippen LogP contribution in [0.2, 0.25) is 0 Å². The first-order chi connectivity index (χ1) is 7.08. The van der Waals surface area contributed by atoms with Gasteiger partial charge in [-0.2, -0.15) is 0 Å². The minimum atomic E-state index is -0.767. The fourth-order valence-electron chi connectivity index (χ4n) is 1.46. The highest BCUT2D eigenvalue weighted by Crippen LogP contribution is 2.05. The molecule has 5 nitrogen and oxygen atoms in total. The minimum absolute atomic E-state index is 0.0423. The van der Waals surface area contributed by atoms with E-state index in [1.54, 1.807) is 0 Å². The molecule has 1 saturated heterocycles. The number of nitrogens with zero attached hydrogens (tertiary/aromatic N) is 2. The van der Waals surface area contributed by atoms with Crippen molar-refractivity contribution in [3.8, 4) is 0 Å². The van der Waals surface area contributed by atoms with Crippen molar-refractivity contribution < 1.29 is 14.7 Å². The van der Waals surface area contributed by atoms with Crippen LogP contribution in [0.25, 0.3) is 0 Å². The molecule has 0 aliphatic carbocycles. The molecule has 6 heteroatoms. The molecule has 0 aromatic carbocycles. The van der Waals surface area contributed by atoms with Crippen LogP contribution in [0.3, 0.4) is 0 Å². The number of aliphatic hydroxyl groups excluding tert-OH is 1. The number of hydrogen-bond acceptors (Lipinski definition) is 3. The summed E-state index contributed by atoms with van der Waals surface area (Å²) in [7, 11) is 0. The third kappa shape index (κ3) is 3.07. The highest BCUT2D eigenvalue weighted by Gasteiger charge is 2.29. The lowest BCUT2D eigenvalue weighted by Crippen LogP contribution is -2.55. The summed E-state index contributed by atoms with van der Waals surface area (Å²) in [5.41, 5.74) is 0. The molecule has 0 aromatic rings. The number of β-amino-alcohol motifs (C(OH)–C–C–N with tert-alkyl or cyclic N) is 1. The maximum atomic E-state index is 11.5. The summed E-state index contributed by atoms with van der Waals surface area (Å²) in [6, 6.07) is 0. The highest BCUT2D eigenvalue weighted by atomic mass is 35.5. The van der Waals surface area contributed by atoms with Gasteiger partial charge < -0.3 is 14.9 Å². The molecular formula is C9H15ClN2O3. The third-order valence-electron chi connectivity index (χ3n) is 2.35. The molecule has 86 valence electrons. The Bertz CT molecular complexity index is 260. The molecule has 0 saturated carbocycles. The summed E-state index contributed by atoms with van der Waals surface area (Å²) >= 11 is 5.43. The number of rotatable bonds is 4. The second-order valence-electron chi connectivity index (χ2n) is 3.49. The number of piperazine rings is 1. The van der Waals surface area contributed by atoms with Gasteiger partial charge in [-0.3, -0.25) is 9.59 Å². The molecule has 1 fully saturated rings. The molecule has 1 atom stereocenters. The van der Waals surface area contributed by atoms with Gasteiger partial charge >= 0.3 is 0 Å². The topological polar surface area (TPSA) is 60.9 Å². The molecule has 0 aromatic heterocycles. The van der Waals surface area contributed by atoms with Crippen LogP contribution in [0.4, 0.5) is 0 Å². The predicted octanol–water partition coefficient (Wildman–Crippen LogP) is -0.723. The maximum absolute atomic E-state index is 11.5. The lowest BCUT2D eigenvalue weighted by molar-refractivity contribution is -0.150. The van der Waals surface area contributed by atoms with Crippen LogP contribution in [-0.4, -0.2) is 64.9 Å². The van der Waals surface area contributed by atoms with Crippen molar-refractivity contribution in [3.63, 3.8) is 0 Å². The molecule has 1 aliphatic rings. The highest BCUT2D eigenvalue weighted by molar-refractivity contribution is 6.18. The molecule has 1 aliphatic heterocycles. The van der Waals surface area contributed by atoms with Crippen LogP contribution >= 0.6 is 11.6 Å². The summed E-state index contributed by atoms with van der Waals surface area (Å²) < 4.78 is 0. The molecule has 1 unspecified atom stereocenters. The van der Waals surface area contributed by atoms with Crippen LogP contribution in [0, 0.1) is 0 Å². The van der Waals surface area contributed by atoms with E-state index < -0.39 is 6.10 Å². The molecule has 1 heterocycles. The summed E-state index contributed by atoms with van der Waals surface area (Å²) in [5, 5.41) is 9.29. The Hall–Kier alpha value is -0.810. The van der Waals surface area contributed by atoms with Crippen LogP contribution in [0.15, 0.2) is 0 Å². The number of alkyl halides is 1. The average Bonchev–Trinajstić information content (AvgIpc) is 2.22. The average molecular weight is 235 g/mol. The van der Waals surface area contributed by atoms with E-state index in [4.69, 9.17) is 11.6 Å². The third-order valence-corrected chi connectivity index (χ3v) is 2.70. The summed E-state index contributed by atoms with van der Waals surface area (Å²) in [6.07, 6.45) is -0.767. The van der Waals surface area contributed by atoms with E-state index in [0.717, 1.165) is 0 Å². The normalized spacial score (nSPS) is 19.7. The van der Waals surface area contributed by atoms with Gasteiger partial charge in [0.05, 0.1) is 25.1 Å². The number of aliphatic hydroxyl groups is 1. The molecule has 2 amide bonds. The van der Waals surface area contributed by atoms with Crippen LogP contribution in [0.1, 0.15) is 6.92 Å². The monoisotopic (exact) mass is 234 g/mol.